The first kappa shape index (κ1) is 18.5. The molecular formula is C18H28N4OS. The number of rotatable bonds is 5. The smallest absolute Gasteiger partial charge is 0.184 e. The zero-order valence-corrected chi connectivity index (χ0v) is 16.0. The molecule has 132 valence electrons. The summed E-state index contributed by atoms with van der Waals surface area (Å²) in [6, 6.07) is 4.30. The quantitative estimate of drug-likeness (QED) is 0.485. The van der Waals surface area contributed by atoms with Gasteiger partial charge in [-0.1, -0.05) is 13.8 Å². The molecule has 1 atom stereocenters. The molecule has 6 heteroatoms. The van der Waals surface area contributed by atoms with Crippen LogP contribution in [0.2, 0.25) is 0 Å². The van der Waals surface area contributed by atoms with Crippen LogP contribution in [0, 0.1) is 0 Å². The van der Waals surface area contributed by atoms with Gasteiger partial charge in [0.25, 0.3) is 0 Å². The predicted molar refractivity (Wildman–Crippen MR) is 105 cm³/mol. The molecule has 0 amide bonds. The van der Waals surface area contributed by atoms with Crippen LogP contribution in [0.3, 0.4) is 0 Å². The van der Waals surface area contributed by atoms with E-state index in [1.807, 2.05) is 0 Å². The SMILES string of the molecule is CCCN1c2cc(OC)c(/C=N\NC(N)=S)cc2C(C)CC1(C)C. The van der Waals surface area contributed by atoms with E-state index in [4.69, 9.17) is 22.7 Å². The summed E-state index contributed by atoms with van der Waals surface area (Å²) in [5, 5.41) is 4.22. The van der Waals surface area contributed by atoms with Crippen LogP contribution in [-0.2, 0) is 0 Å². The molecule has 0 fully saturated rings. The fourth-order valence-corrected chi connectivity index (χ4v) is 3.67. The van der Waals surface area contributed by atoms with Gasteiger partial charge in [0.2, 0.25) is 0 Å². The van der Waals surface area contributed by atoms with Crippen molar-refractivity contribution >= 4 is 29.2 Å². The molecule has 1 unspecified atom stereocenters. The van der Waals surface area contributed by atoms with Crippen LogP contribution in [0.4, 0.5) is 5.69 Å². The number of nitrogens with zero attached hydrogens (tertiary/aromatic N) is 2. The summed E-state index contributed by atoms with van der Waals surface area (Å²) >= 11 is 4.77. The third-order valence-electron chi connectivity index (χ3n) is 4.56. The van der Waals surface area contributed by atoms with Crippen molar-refractivity contribution < 1.29 is 4.74 Å². The molecule has 1 aliphatic heterocycles. The maximum atomic E-state index is 5.59. The van der Waals surface area contributed by atoms with E-state index in [9.17, 15) is 0 Å². The molecule has 0 radical (unpaired) electrons. The highest BCUT2D eigenvalue weighted by molar-refractivity contribution is 7.80. The molecule has 24 heavy (non-hydrogen) atoms. The van der Waals surface area contributed by atoms with Gasteiger partial charge in [0, 0.05) is 29.4 Å². The maximum Gasteiger partial charge on any atom is 0.184 e. The summed E-state index contributed by atoms with van der Waals surface area (Å²) in [7, 11) is 1.68. The fraction of sp³-hybridized carbons (Fsp3) is 0.556. The molecule has 0 aliphatic carbocycles. The summed E-state index contributed by atoms with van der Waals surface area (Å²) in [6.45, 7) is 10.2. The van der Waals surface area contributed by atoms with Crippen LogP contribution in [-0.4, -0.2) is 30.5 Å². The summed E-state index contributed by atoms with van der Waals surface area (Å²) in [5.41, 5.74) is 11.7. The van der Waals surface area contributed by atoms with Crippen molar-refractivity contribution in [1.29, 1.82) is 0 Å². The number of nitrogens with two attached hydrogens (primary N) is 1. The van der Waals surface area contributed by atoms with Crippen LogP contribution in [0.25, 0.3) is 0 Å². The van der Waals surface area contributed by atoms with Gasteiger partial charge in [0.15, 0.2) is 5.11 Å². The molecule has 0 saturated carbocycles. The summed E-state index contributed by atoms with van der Waals surface area (Å²) in [4.78, 5) is 2.50. The topological polar surface area (TPSA) is 62.9 Å². The number of anilines is 1. The van der Waals surface area contributed by atoms with E-state index in [1.165, 1.54) is 11.3 Å². The lowest BCUT2D eigenvalue weighted by molar-refractivity contribution is 0.372. The molecular weight excluding hydrogens is 320 g/mol. The monoisotopic (exact) mass is 348 g/mol. The number of methoxy groups -OCH3 is 1. The molecule has 5 nitrogen and oxygen atoms in total. The van der Waals surface area contributed by atoms with Crippen LogP contribution < -0.4 is 20.8 Å². The second kappa shape index (κ2) is 7.38. The number of thiocarbonyl (C=S) groups is 1. The van der Waals surface area contributed by atoms with E-state index in [1.54, 1.807) is 13.3 Å². The lowest BCUT2D eigenvalue weighted by atomic mass is 9.79. The van der Waals surface area contributed by atoms with Gasteiger partial charge in [-0.3, -0.25) is 5.43 Å². The highest BCUT2D eigenvalue weighted by Crippen LogP contribution is 2.45. The van der Waals surface area contributed by atoms with Crippen LogP contribution in [0.5, 0.6) is 5.75 Å². The summed E-state index contributed by atoms with van der Waals surface area (Å²) < 4.78 is 5.59. The zero-order valence-electron chi connectivity index (χ0n) is 15.2. The van der Waals surface area contributed by atoms with Crippen molar-refractivity contribution in [1.82, 2.24) is 5.43 Å². The van der Waals surface area contributed by atoms with Gasteiger partial charge >= 0.3 is 0 Å². The number of ether oxygens (including phenoxy) is 1. The maximum absolute atomic E-state index is 5.59. The fourth-order valence-electron chi connectivity index (χ4n) is 3.62. The van der Waals surface area contributed by atoms with Crippen molar-refractivity contribution in [2.75, 3.05) is 18.6 Å². The Labute approximate surface area is 150 Å². The normalized spacial score (nSPS) is 19.2. The van der Waals surface area contributed by atoms with E-state index >= 15 is 0 Å². The lowest BCUT2D eigenvalue weighted by Gasteiger charge is -2.47. The molecule has 0 bridgehead atoms. The highest BCUT2D eigenvalue weighted by Gasteiger charge is 2.36. The molecule has 0 aromatic heterocycles. The minimum atomic E-state index is 0.135. The Morgan fingerprint density at radius 3 is 2.83 bits per heavy atom. The first-order valence-electron chi connectivity index (χ1n) is 8.38. The number of fused-ring (bicyclic) bond motifs is 1. The molecule has 1 aromatic carbocycles. The zero-order chi connectivity index (χ0) is 17.9. The average Bonchev–Trinajstić information content (AvgIpc) is 2.50. The van der Waals surface area contributed by atoms with Gasteiger partial charge in [0.1, 0.15) is 5.75 Å². The highest BCUT2D eigenvalue weighted by atomic mass is 32.1. The number of hydrogen-bond acceptors (Lipinski definition) is 4. The van der Waals surface area contributed by atoms with Crippen LogP contribution in [0.1, 0.15) is 57.6 Å². The number of benzene rings is 1. The Balaban J connectivity index is 2.49. The van der Waals surface area contributed by atoms with Gasteiger partial charge in [-0.2, -0.15) is 5.10 Å². The third kappa shape index (κ3) is 3.80. The standard InChI is InChI=1S/C18H28N4OS/c1-6-7-22-15-9-16(23-5)13(11-20-21-17(19)24)8-14(15)12(2)10-18(22,3)4/h8-9,11-12H,6-7,10H2,1-5H3,(H3,19,21,24)/b20-11-. The predicted octanol–water partition coefficient (Wildman–Crippen LogP) is 3.36. The van der Waals surface area contributed by atoms with Gasteiger partial charge in [0.05, 0.1) is 13.3 Å². The minimum absolute atomic E-state index is 0.135. The van der Waals surface area contributed by atoms with Gasteiger partial charge in [-0.25, -0.2) is 0 Å². The number of nitrogens with one attached hydrogen (secondary N) is 1. The second-order valence-electron chi connectivity index (χ2n) is 6.96. The molecule has 1 aromatic rings. The van der Waals surface area contributed by atoms with Crippen molar-refractivity contribution in [2.24, 2.45) is 10.8 Å². The molecule has 0 saturated heterocycles. The number of hydrogen-bond donors (Lipinski definition) is 2. The Morgan fingerprint density at radius 2 is 2.25 bits per heavy atom. The van der Waals surface area contributed by atoms with Gasteiger partial charge in [-0.05, 0) is 56.5 Å². The largest absolute Gasteiger partial charge is 0.496 e. The van der Waals surface area contributed by atoms with E-state index in [2.05, 4.69) is 55.3 Å². The molecule has 3 N–H and O–H groups in total. The van der Waals surface area contributed by atoms with Crippen molar-refractivity contribution in [3.8, 4) is 5.75 Å². The lowest BCUT2D eigenvalue weighted by Crippen LogP contribution is -2.48. The number of hydrazone groups is 1. The first-order valence-corrected chi connectivity index (χ1v) is 8.79. The Morgan fingerprint density at radius 1 is 1.54 bits per heavy atom. The van der Waals surface area contributed by atoms with Crippen LogP contribution >= 0.6 is 12.2 Å². The minimum Gasteiger partial charge on any atom is -0.496 e. The Hall–Kier alpha value is -1.82. The van der Waals surface area contributed by atoms with Crippen molar-refractivity contribution in [2.45, 2.75) is 52.0 Å². The van der Waals surface area contributed by atoms with Crippen molar-refractivity contribution in [3.05, 3.63) is 23.3 Å². The van der Waals surface area contributed by atoms with E-state index < -0.39 is 0 Å². The molecule has 1 aliphatic rings. The Bertz CT molecular complexity index is 642. The average molecular weight is 349 g/mol. The van der Waals surface area contributed by atoms with E-state index in [0.29, 0.717) is 5.92 Å². The van der Waals surface area contributed by atoms with Crippen LogP contribution in [0.15, 0.2) is 17.2 Å². The van der Waals surface area contributed by atoms with Gasteiger partial charge < -0.3 is 15.4 Å². The molecule has 2 rings (SSSR count). The first-order chi connectivity index (χ1) is 11.3. The summed E-state index contributed by atoms with van der Waals surface area (Å²) in [5.74, 6) is 1.28. The summed E-state index contributed by atoms with van der Waals surface area (Å²) in [6.07, 6.45) is 3.93. The van der Waals surface area contributed by atoms with E-state index in [0.717, 1.165) is 30.7 Å². The van der Waals surface area contributed by atoms with Crippen molar-refractivity contribution in [3.63, 3.8) is 0 Å². The molecule has 1 heterocycles. The van der Waals surface area contributed by atoms with E-state index in [-0.39, 0.29) is 10.7 Å². The Kier molecular flexibility index (Phi) is 5.70. The third-order valence-corrected chi connectivity index (χ3v) is 4.65. The van der Waals surface area contributed by atoms with Gasteiger partial charge in [-0.15, -0.1) is 0 Å². The molecule has 0 spiro atoms. The second-order valence-corrected chi connectivity index (χ2v) is 7.40.